The Balaban J connectivity index is 3.53. The summed E-state index contributed by atoms with van der Waals surface area (Å²) in [6.07, 6.45) is 3.09. The van der Waals surface area contributed by atoms with Gasteiger partial charge in [-0.3, -0.25) is 9.59 Å². The van der Waals surface area contributed by atoms with Crippen LogP contribution in [0.1, 0.15) is 46.0 Å². The van der Waals surface area contributed by atoms with E-state index < -0.39 is 0 Å². The first-order chi connectivity index (χ1) is 8.47. The van der Waals surface area contributed by atoms with Gasteiger partial charge in [0.1, 0.15) is 11.6 Å². The van der Waals surface area contributed by atoms with Gasteiger partial charge >= 0.3 is 0 Å². The minimum absolute atomic E-state index is 0.0310. The summed E-state index contributed by atoms with van der Waals surface area (Å²) in [6, 6.07) is -0.0848. The van der Waals surface area contributed by atoms with Crippen molar-refractivity contribution in [1.82, 2.24) is 10.6 Å². The lowest BCUT2D eigenvalue weighted by molar-refractivity contribution is -0.124. The molecule has 0 aliphatic heterocycles. The number of carbonyl (C=O) groups is 3. The Morgan fingerprint density at radius 2 is 1.72 bits per heavy atom. The predicted molar refractivity (Wildman–Crippen MR) is 70.3 cm³/mol. The Morgan fingerprint density at radius 3 is 2.22 bits per heavy atom. The second-order valence-corrected chi connectivity index (χ2v) is 4.50. The maximum absolute atomic E-state index is 11.3. The highest BCUT2D eigenvalue weighted by Crippen LogP contribution is 2.01. The fourth-order valence-corrected chi connectivity index (χ4v) is 1.63. The van der Waals surface area contributed by atoms with Crippen LogP contribution in [0.15, 0.2) is 0 Å². The number of hydrogen-bond acceptors (Lipinski definition) is 4. The van der Waals surface area contributed by atoms with Gasteiger partial charge in [-0.05, 0) is 40.2 Å². The molecule has 0 saturated carbocycles. The van der Waals surface area contributed by atoms with Gasteiger partial charge < -0.3 is 15.4 Å². The lowest BCUT2D eigenvalue weighted by Gasteiger charge is -2.12. The molecule has 0 saturated heterocycles. The second kappa shape index (κ2) is 9.76. The molecular weight excluding hydrogens is 232 g/mol. The number of amides is 1. The van der Waals surface area contributed by atoms with Crippen LogP contribution in [0.5, 0.6) is 0 Å². The van der Waals surface area contributed by atoms with Gasteiger partial charge in [0.15, 0.2) is 0 Å². The Labute approximate surface area is 109 Å². The van der Waals surface area contributed by atoms with Gasteiger partial charge in [-0.2, -0.15) is 0 Å². The molecule has 0 aliphatic carbocycles. The number of likely N-dealkylation sites (N-methyl/N-ethyl adjacent to an activating group) is 1. The van der Waals surface area contributed by atoms with Crippen molar-refractivity contribution >= 4 is 17.5 Å². The summed E-state index contributed by atoms with van der Waals surface area (Å²) in [5.74, 6) is 0.0911. The smallest absolute Gasteiger partial charge is 0.220 e. The highest BCUT2D eigenvalue weighted by molar-refractivity contribution is 5.83. The minimum Gasteiger partial charge on any atom is -0.356 e. The van der Waals surface area contributed by atoms with E-state index in [1.807, 2.05) is 0 Å². The zero-order chi connectivity index (χ0) is 14.0. The summed E-state index contributed by atoms with van der Waals surface area (Å²) in [4.78, 5) is 33.1. The number of rotatable bonds is 10. The molecule has 18 heavy (non-hydrogen) atoms. The largest absolute Gasteiger partial charge is 0.356 e. The van der Waals surface area contributed by atoms with E-state index in [9.17, 15) is 14.4 Å². The van der Waals surface area contributed by atoms with Crippen molar-refractivity contribution in [3.63, 3.8) is 0 Å². The topological polar surface area (TPSA) is 75.3 Å². The van der Waals surface area contributed by atoms with Crippen LogP contribution in [-0.4, -0.2) is 37.1 Å². The maximum Gasteiger partial charge on any atom is 0.220 e. The zero-order valence-electron chi connectivity index (χ0n) is 11.5. The standard InChI is InChI=1S/C13H24N2O3/c1-10(16)7-8-13(18)15-9-5-4-6-12(14-3)11(2)17/h12,14H,4-9H2,1-3H3,(H,15,18). The van der Waals surface area contributed by atoms with E-state index in [0.29, 0.717) is 13.0 Å². The van der Waals surface area contributed by atoms with Crippen LogP contribution >= 0.6 is 0 Å². The number of carbonyl (C=O) groups excluding carboxylic acids is 3. The van der Waals surface area contributed by atoms with Crippen molar-refractivity contribution in [2.75, 3.05) is 13.6 Å². The number of hydrogen-bond donors (Lipinski definition) is 2. The van der Waals surface area contributed by atoms with E-state index in [2.05, 4.69) is 10.6 Å². The number of ketones is 2. The predicted octanol–water partition coefficient (Wildman–Crippen LogP) is 0.819. The molecule has 1 unspecified atom stereocenters. The normalized spacial score (nSPS) is 11.9. The van der Waals surface area contributed by atoms with E-state index in [-0.39, 0.29) is 29.9 Å². The van der Waals surface area contributed by atoms with Crippen LogP contribution in [0.2, 0.25) is 0 Å². The SMILES string of the molecule is CNC(CCCCNC(=O)CCC(C)=O)C(C)=O. The van der Waals surface area contributed by atoms with Crippen LogP contribution in [0.4, 0.5) is 0 Å². The molecule has 104 valence electrons. The van der Waals surface area contributed by atoms with Gasteiger partial charge in [0.2, 0.25) is 5.91 Å². The lowest BCUT2D eigenvalue weighted by atomic mass is 10.1. The quantitative estimate of drug-likeness (QED) is 0.567. The molecule has 0 radical (unpaired) electrons. The summed E-state index contributed by atoms with van der Waals surface area (Å²) in [7, 11) is 1.77. The van der Waals surface area contributed by atoms with Gasteiger partial charge in [-0.15, -0.1) is 0 Å². The molecule has 0 aromatic heterocycles. The number of unbranched alkanes of at least 4 members (excludes halogenated alkanes) is 1. The fraction of sp³-hybridized carbons (Fsp3) is 0.769. The van der Waals surface area contributed by atoms with Crippen molar-refractivity contribution in [1.29, 1.82) is 0 Å². The van der Waals surface area contributed by atoms with Crippen molar-refractivity contribution in [2.24, 2.45) is 0 Å². The van der Waals surface area contributed by atoms with Crippen LogP contribution in [0.25, 0.3) is 0 Å². The maximum atomic E-state index is 11.3. The van der Waals surface area contributed by atoms with Gasteiger partial charge in [0.25, 0.3) is 0 Å². The first-order valence-electron chi connectivity index (χ1n) is 6.41. The van der Waals surface area contributed by atoms with Gasteiger partial charge in [-0.25, -0.2) is 0 Å². The molecule has 5 nitrogen and oxygen atoms in total. The Kier molecular flexibility index (Phi) is 9.10. The van der Waals surface area contributed by atoms with E-state index in [4.69, 9.17) is 0 Å². The summed E-state index contributed by atoms with van der Waals surface area (Å²) in [5, 5.41) is 5.72. The lowest BCUT2D eigenvalue weighted by Crippen LogP contribution is -2.32. The molecule has 1 amide bonds. The van der Waals surface area contributed by atoms with E-state index >= 15 is 0 Å². The molecular formula is C13H24N2O3. The van der Waals surface area contributed by atoms with E-state index in [1.165, 1.54) is 6.92 Å². The first kappa shape index (κ1) is 16.8. The second-order valence-electron chi connectivity index (χ2n) is 4.50. The average molecular weight is 256 g/mol. The van der Waals surface area contributed by atoms with Crippen molar-refractivity contribution < 1.29 is 14.4 Å². The Bertz CT molecular complexity index is 290. The number of nitrogens with one attached hydrogen (secondary N) is 2. The molecule has 0 aromatic carbocycles. The third-order valence-corrected chi connectivity index (χ3v) is 2.79. The highest BCUT2D eigenvalue weighted by Gasteiger charge is 2.10. The monoisotopic (exact) mass is 256 g/mol. The zero-order valence-corrected chi connectivity index (χ0v) is 11.5. The van der Waals surface area contributed by atoms with Crippen LogP contribution < -0.4 is 10.6 Å². The molecule has 2 N–H and O–H groups in total. The van der Waals surface area contributed by atoms with Crippen LogP contribution in [0, 0.1) is 0 Å². The van der Waals surface area contributed by atoms with Gasteiger partial charge in [-0.1, -0.05) is 0 Å². The van der Waals surface area contributed by atoms with Gasteiger partial charge in [0.05, 0.1) is 6.04 Å². The highest BCUT2D eigenvalue weighted by atomic mass is 16.2. The minimum atomic E-state index is -0.0848. The molecule has 0 fully saturated rings. The number of Topliss-reactive ketones (excluding diaryl/α,β-unsaturated/α-hetero) is 2. The van der Waals surface area contributed by atoms with Crippen LogP contribution in [0.3, 0.4) is 0 Å². The summed E-state index contributed by atoms with van der Waals surface area (Å²) >= 11 is 0. The Morgan fingerprint density at radius 1 is 1.06 bits per heavy atom. The van der Waals surface area contributed by atoms with Crippen molar-refractivity contribution in [2.45, 2.75) is 52.0 Å². The molecule has 0 bridgehead atoms. The molecule has 0 rings (SSSR count). The average Bonchev–Trinajstić information content (AvgIpc) is 2.30. The van der Waals surface area contributed by atoms with Crippen molar-refractivity contribution in [3.8, 4) is 0 Å². The molecule has 0 aliphatic rings. The first-order valence-corrected chi connectivity index (χ1v) is 6.41. The van der Waals surface area contributed by atoms with Crippen molar-refractivity contribution in [3.05, 3.63) is 0 Å². The summed E-state index contributed by atoms with van der Waals surface area (Å²) < 4.78 is 0. The molecule has 1 atom stereocenters. The summed E-state index contributed by atoms with van der Waals surface area (Å²) in [5.41, 5.74) is 0. The molecule has 0 heterocycles. The van der Waals surface area contributed by atoms with E-state index in [1.54, 1.807) is 14.0 Å². The molecule has 5 heteroatoms. The third-order valence-electron chi connectivity index (χ3n) is 2.79. The molecule has 0 spiro atoms. The van der Waals surface area contributed by atoms with E-state index in [0.717, 1.165) is 19.3 Å². The Hall–Kier alpha value is -1.23. The van der Waals surface area contributed by atoms with Gasteiger partial charge in [0, 0.05) is 19.4 Å². The van der Waals surface area contributed by atoms with Crippen LogP contribution in [-0.2, 0) is 14.4 Å². The fourth-order valence-electron chi connectivity index (χ4n) is 1.63. The molecule has 0 aromatic rings. The third kappa shape index (κ3) is 8.87. The summed E-state index contributed by atoms with van der Waals surface area (Å²) in [6.45, 7) is 3.66.